The van der Waals surface area contributed by atoms with Gasteiger partial charge in [-0.3, -0.25) is 0 Å². The van der Waals surface area contributed by atoms with Gasteiger partial charge in [-0.15, -0.1) is 0 Å². The van der Waals surface area contributed by atoms with Crippen LogP contribution in [-0.2, 0) is 10.0 Å². The minimum Gasteiger partial charge on any atom is -0.478 e. The molecule has 6 nitrogen and oxygen atoms in total. The van der Waals surface area contributed by atoms with E-state index in [1.165, 1.54) is 12.1 Å². The normalized spacial score (nSPS) is 14.0. The number of aromatic nitrogens is 1. The molecule has 0 aliphatic carbocycles. The highest BCUT2D eigenvalue weighted by Gasteiger charge is 2.23. The van der Waals surface area contributed by atoms with Gasteiger partial charge in [-0.1, -0.05) is 27.7 Å². The summed E-state index contributed by atoms with van der Waals surface area (Å²) < 4.78 is 26.5. The third-order valence-corrected chi connectivity index (χ3v) is 4.66. The summed E-state index contributed by atoms with van der Waals surface area (Å²) in [5, 5.41) is 8.56. The molecule has 20 heavy (non-hydrogen) atoms. The van der Waals surface area contributed by atoms with Gasteiger partial charge in [-0.25, -0.2) is 22.9 Å². The number of carboxylic acid groups (broad SMARTS) is 1. The topological polar surface area (TPSA) is 96.4 Å². The number of carbonyl (C=O) groups is 1. The van der Waals surface area contributed by atoms with E-state index < -0.39 is 16.0 Å². The molecule has 0 radical (unpaired) electrons. The predicted octanol–water partition coefficient (Wildman–Crippen LogP) is 1.74. The van der Waals surface area contributed by atoms with Gasteiger partial charge >= 0.3 is 5.97 Å². The molecule has 2 N–H and O–H groups in total. The molecule has 0 aliphatic heterocycles. The average Bonchev–Trinajstić information content (AvgIpc) is 2.35. The van der Waals surface area contributed by atoms with Gasteiger partial charge in [0.15, 0.2) is 5.03 Å². The van der Waals surface area contributed by atoms with Crippen LogP contribution in [0.15, 0.2) is 23.4 Å². The summed E-state index contributed by atoms with van der Waals surface area (Å²) in [6.45, 7) is 8.36. The lowest BCUT2D eigenvalue weighted by Gasteiger charge is -2.27. The van der Waals surface area contributed by atoms with Crippen molar-refractivity contribution in [3.05, 3.63) is 23.9 Å². The van der Waals surface area contributed by atoms with Gasteiger partial charge in [0.1, 0.15) is 0 Å². The summed E-state index contributed by atoms with van der Waals surface area (Å²) in [6, 6.07) is 2.41. The van der Waals surface area contributed by atoms with Crippen LogP contribution < -0.4 is 4.72 Å². The Bertz CT molecular complexity index is 573. The number of hydrogen-bond acceptors (Lipinski definition) is 4. The van der Waals surface area contributed by atoms with Crippen LogP contribution in [-0.4, -0.2) is 31.0 Å². The third-order valence-electron chi connectivity index (χ3n) is 3.32. The maximum Gasteiger partial charge on any atom is 0.337 e. The third kappa shape index (κ3) is 4.28. The van der Waals surface area contributed by atoms with Gasteiger partial charge in [-0.05, 0) is 23.5 Å². The van der Waals surface area contributed by atoms with E-state index >= 15 is 0 Å². The molecular formula is C13H20N2O4S. The van der Waals surface area contributed by atoms with Gasteiger partial charge in [0, 0.05) is 12.7 Å². The minimum absolute atomic E-state index is 0.0108. The van der Waals surface area contributed by atoms with Crippen LogP contribution in [0.5, 0.6) is 0 Å². The van der Waals surface area contributed by atoms with E-state index in [9.17, 15) is 13.2 Å². The Labute approximate surface area is 119 Å². The maximum atomic E-state index is 12.0. The van der Waals surface area contributed by atoms with Crippen LogP contribution in [0.2, 0.25) is 0 Å². The monoisotopic (exact) mass is 300 g/mol. The largest absolute Gasteiger partial charge is 0.478 e. The minimum atomic E-state index is -3.71. The number of hydrogen-bond donors (Lipinski definition) is 2. The van der Waals surface area contributed by atoms with Gasteiger partial charge in [0.2, 0.25) is 0 Å². The van der Waals surface area contributed by atoms with Crippen molar-refractivity contribution < 1.29 is 18.3 Å². The molecule has 112 valence electrons. The molecule has 0 spiro atoms. The molecule has 1 rings (SSSR count). The second kappa shape index (κ2) is 5.88. The number of carboxylic acids is 1. The molecule has 1 unspecified atom stereocenters. The fourth-order valence-electron chi connectivity index (χ4n) is 1.28. The first-order valence-electron chi connectivity index (χ1n) is 6.23. The van der Waals surface area contributed by atoms with E-state index in [2.05, 4.69) is 9.71 Å². The molecule has 0 fully saturated rings. The van der Waals surface area contributed by atoms with Crippen LogP contribution in [0.4, 0.5) is 0 Å². The Morgan fingerprint density at radius 2 is 2.00 bits per heavy atom. The highest BCUT2D eigenvalue weighted by atomic mass is 32.2. The van der Waals surface area contributed by atoms with E-state index in [0.29, 0.717) is 6.54 Å². The van der Waals surface area contributed by atoms with E-state index in [4.69, 9.17) is 5.11 Å². The van der Waals surface area contributed by atoms with E-state index in [0.717, 1.165) is 6.20 Å². The summed E-state index contributed by atoms with van der Waals surface area (Å²) in [5.74, 6) is -0.994. The smallest absolute Gasteiger partial charge is 0.337 e. The first-order valence-corrected chi connectivity index (χ1v) is 7.71. The van der Waals surface area contributed by atoms with Gasteiger partial charge < -0.3 is 5.11 Å². The molecule has 1 atom stereocenters. The standard InChI is InChI=1S/C13H20N2O4S/c1-9(13(2,3)4)7-15-20(18,19)11-6-5-10(8-14-11)12(16)17/h5-6,8-9,15H,7H2,1-4H3,(H,16,17). The number of pyridine rings is 1. The summed E-state index contributed by atoms with van der Waals surface area (Å²) in [7, 11) is -3.71. The highest BCUT2D eigenvalue weighted by molar-refractivity contribution is 7.89. The van der Waals surface area contributed by atoms with Crippen LogP contribution in [0.3, 0.4) is 0 Å². The number of sulfonamides is 1. The molecule has 1 aromatic heterocycles. The number of aromatic carboxylic acids is 1. The zero-order valence-corrected chi connectivity index (χ0v) is 12.9. The fraction of sp³-hybridized carbons (Fsp3) is 0.538. The summed E-state index contributed by atoms with van der Waals surface area (Å²) in [4.78, 5) is 14.4. The molecule has 1 heterocycles. The first kappa shape index (κ1) is 16.6. The molecule has 0 amide bonds. The number of nitrogens with one attached hydrogen (secondary N) is 1. The first-order chi connectivity index (χ1) is 9.04. The second-order valence-corrected chi connectivity index (χ2v) is 7.52. The SMILES string of the molecule is CC(CNS(=O)(=O)c1ccc(C(=O)O)cn1)C(C)(C)C. The molecule has 1 aromatic rings. The lowest BCUT2D eigenvalue weighted by Crippen LogP contribution is -2.34. The van der Waals surface area contributed by atoms with Gasteiger partial charge in [0.25, 0.3) is 10.0 Å². The van der Waals surface area contributed by atoms with Gasteiger partial charge in [0.05, 0.1) is 5.56 Å². The van der Waals surface area contributed by atoms with Crippen molar-refractivity contribution in [2.45, 2.75) is 32.7 Å². The quantitative estimate of drug-likeness (QED) is 0.863. The zero-order chi connectivity index (χ0) is 15.6. The van der Waals surface area contributed by atoms with Crippen LogP contribution in [0.25, 0.3) is 0 Å². The molecule has 0 saturated heterocycles. The number of rotatable bonds is 5. The van der Waals surface area contributed by atoms with E-state index in [1.807, 2.05) is 27.7 Å². The Morgan fingerprint density at radius 3 is 2.40 bits per heavy atom. The van der Waals surface area contributed by atoms with Crippen molar-refractivity contribution in [1.82, 2.24) is 9.71 Å². The Balaban J connectivity index is 2.82. The maximum absolute atomic E-state index is 12.0. The van der Waals surface area contributed by atoms with E-state index in [-0.39, 0.29) is 21.9 Å². The number of nitrogens with zero attached hydrogens (tertiary/aromatic N) is 1. The van der Waals surface area contributed by atoms with Crippen LogP contribution >= 0.6 is 0 Å². The molecule has 0 aliphatic rings. The van der Waals surface area contributed by atoms with Crippen molar-refractivity contribution in [3.8, 4) is 0 Å². The van der Waals surface area contributed by atoms with Gasteiger partial charge in [-0.2, -0.15) is 0 Å². The van der Waals surface area contributed by atoms with Crippen molar-refractivity contribution >= 4 is 16.0 Å². The molecule has 0 bridgehead atoms. The Morgan fingerprint density at radius 1 is 1.40 bits per heavy atom. The zero-order valence-electron chi connectivity index (χ0n) is 12.0. The van der Waals surface area contributed by atoms with Crippen molar-refractivity contribution in [1.29, 1.82) is 0 Å². The molecule has 7 heteroatoms. The van der Waals surface area contributed by atoms with Crippen LogP contribution in [0.1, 0.15) is 38.1 Å². The summed E-state index contributed by atoms with van der Waals surface area (Å²) in [5.41, 5.74) is -0.0599. The molecular weight excluding hydrogens is 280 g/mol. The molecule has 0 aromatic carbocycles. The predicted molar refractivity (Wildman–Crippen MR) is 75.0 cm³/mol. The Hall–Kier alpha value is -1.47. The van der Waals surface area contributed by atoms with Crippen molar-refractivity contribution in [2.75, 3.05) is 6.54 Å². The summed E-state index contributed by atoms with van der Waals surface area (Å²) in [6.07, 6.45) is 1.03. The lowest BCUT2D eigenvalue weighted by molar-refractivity contribution is 0.0696. The Kier molecular flexibility index (Phi) is 4.88. The highest BCUT2D eigenvalue weighted by Crippen LogP contribution is 2.24. The van der Waals surface area contributed by atoms with Crippen molar-refractivity contribution in [2.24, 2.45) is 11.3 Å². The van der Waals surface area contributed by atoms with E-state index in [1.54, 1.807) is 0 Å². The molecule has 0 saturated carbocycles. The summed E-state index contributed by atoms with van der Waals surface area (Å²) >= 11 is 0. The van der Waals surface area contributed by atoms with Crippen molar-refractivity contribution in [3.63, 3.8) is 0 Å². The average molecular weight is 300 g/mol. The second-order valence-electron chi connectivity index (χ2n) is 5.81. The lowest BCUT2D eigenvalue weighted by atomic mass is 9.82. The fourth-order valence-corrected chi connectivity index (χ4v) is 2.34. The van der Waals surface area contributed by atoms with Crippen LogP contribution in [0, 0.1) is 11.3 Å².